The minimum Gasteiger partial charge on any atom is -0.465 e. The lowest BCUT2D eigenvalue weighted by atomic mass is 9.74. The molecule has 4 atom stereocenters. The highest BCUT2D eigenvalue weighted by molar-refractivity contribution is 6.12. The minimum atomic E-state index is 0.279. The summed E-state index contributed by atoms with van der Waals surface area (Å²) in [6.45, 7) is 0. The van der Waals surface area contributed by atoms with E-state index in [4.69, 9.17) is 4.42 Å². The molecule has 0 aliphatic heterocycles. The third-order valence-electron chi connectivity index (χ3n) is 10.9. The third-order valence-corrected chi connectivity index (χ3v) is 10.9. The number of furan rings is 1. The van der Waals surface area contributed by atoms with Crippen molar-refractivity contribution in [2.45, 2.75) is 57.3 Å². The van der Waals surface area contributed by atoms with Crippen molar-refractivity contribution in [1.82, 2.24) is 0 Å². The summed E-state index contributed by atoms with van der Waals surface area (Å²) in [6.07, 6.45) is 33.1. The molecule has 0 amide bonds. The highest BCUT2D eigenvalue weighted by atomic mass is 16.3. The molecule has 0 radical (unpaired) electrons. The molecule has 4 unspecified atom stereocenters. The first-order chi connectivity index (χ1) is 21.3. The lowest BCUT2D eigenvalue weighted by Crippen LogP contribution is -2.16. The van der Waals surface area contributed by atoms with Crippen molar-refractivity contribution in [1.29, 1.82) is 0 Å². The molecule has 1 heterocycles. The highest BCUT2D eigenvalue weighted by Gasteiger charge is 2.32. The van der Waals surface area contributed by atoms with E-state index in [1.807, 2.05) is 0 Å². The van der Waals surface area contributed by atoms with Crippen molar-refractivity contribution in [3.63, 3.8) is 0 Å². The van der Waals surface area contributed by atoms with Gasteiger partial charge < -0.3 is 4.42 Å². The monoisotopic (exact) mass is 558 g/mol. The Kier molecular flexibility index (Phi) is 6.06. The Bertz CT molecular complexity index is 1890. The molecule has 0 saturated carbocycles. The van der Waals surface area contributed by atoms with E-state index in [2.05, 4.69) is 109 Å². The molecule has 1 heteroatoms. The van der Waals surface area contributed by atoms with Crippen LogP contribution in [0.4, 0.5) is 0 Å². The van der Waals surface area contributed by atoms with Crippen LogP contribution in [0.25, 0.3) is 39.3 Å². The average molecular weight is 559 g/mol. The Morgan fingerprint density at radius 2 is 1.44 bits per heavy atom. The molecule has 5 aliphatic carbocycles. The van der Waals surface area contributed by atoms with Crippen molar-refractivity contribution < 1.29 is 4.42 Å². The lowest BCUT2D eigenvalue weighted by Gasteiger charge is -2.30. The van der Waals surface area contributed by atoms with Crippen molar-refractivity contribution in [2.24, 2.45) is 17.8 Å². The normalized spacial score (nSPS) is 25.8. The maximum atomic E-state index is 6.70. The summed E-state index contributed by atoms with van der Waals surface area (Å²) < 4.78 is 6.70. The second-order valence-corrected chi connectivity index (χ2v) is 13.3. The number of allylic oxidation sites excluding steroid dienone is 10. The van der Waals surface area contributed by atoms with E-state index >= 15 is 0 Å². The van der Waals surface area contributed by atoms with Crippen LogP contribution in [0.5, 0.6) is 0 Å². The molecule has 212 valence electrons. The van der Waals surface area contributed by atoms with E-state index < -0.39 is 0 Å². The molecule has 1 nitrogen and oxygen atoms in total. The van der Waals surface area contributed by atoms with Gasteiger partial charge in [0, 0.05) is 29.9 Å². The largest absolute Gasteiger partial charge is 0.465 e. The molecule has 0 N–H and O–H groups in total. The van der Waals surface area contributed by atoms with Gasteiger partial charge in [-0.3, -0.25) is 0 Å². The van der Waals surface area contributed by atoms with Gasteiger partial charge in [0.05, 0.1) is 0 Å². The maximum absolute atomic E-state index is 6.70. The van der Waals surface area contributed by atoms with Crippen LogP contribution in [0.15, 0.2) is 107 Å². The zero-order valence-electron chi connectivity index (χ0n) is 24.8. The van der Waals surface area contributed by atoms with Gasteiger partial charge in [0.25, 0.3) is 0 Å². The summed E-state index contributed by atoms with van der Waals surface area (Å²) in [5.74, 6) is 4.62. The molecule has 9 rings (SSSR count). The van der Waals surface area contributed by atoms with Gasteiger partial charge in [-0.15, -0.1) is 0 Å². The summed E-state index contributed by atoms with van der Waals surface area (Å²) in [5.41, 5.74) is 8.50. The van der Waals surface area contributed by atoms with Crippen LogP contribution in [0, 0.1) is 17.8 Å². The van der Waals surface area contributed by atoms with Gasteiger partial charge in [-0.25, -0.2) is 0 Å². The quantitative estimate of drug-likeness (QED) is 0.180. The van der Waals surface area contributed by atoms with E-state index in [0.717, 1.165) is 25.2 Å². The number of fused-ring (bicyclic) bond motifs is 6. The van der Waals surface area contributed by atoms with Gasteiger partial charge in [0.2, 0.25) is 0 Å². The number of rotatable bonds is 3. The highest BCUT2D eigenvalue weighted by Crippen LogP contribution is 2.47. The van der Waals surface area contributed by atoms with E-state index in [9.17, 15) is 0 Å². The van der Waals surface area contributed by atoms with E-state index in [1.165, 1.54) is 98.6 Å². The smallest absolute Gasteiger partial charge is 0.112 e. The van der Waals surface area contributed by atoms with Gasteiger partial charge in [-0.1, -0.05) is 103 Å². The van der Waals surface area contributed by atoms with E-state index in [-0.39, 0.29) is 5.92 Å². The molecule has 5 aliphatic rings. The second kappa shape index (κ2) is 10.3. The summed E-state index contributed by atoms with van der Waals surface area (Å²) in [6, 6.07) is 18.4. The molecular weight excluding hydrogens is 520 g/mol. The first kappa shape index (κ1) is 25.4. The van der Waals surface area contributed by atoms with Crippen LogP contribution in [-0.2, 0) is 12.8 Å². The first-order valence-electron chi connectivity index (χ1n) is 16.5. The second-order valence-electron chi connectivity index (χ2n) is 13.3. The molecule has 1 aromatic heterocycles. The van der Waals surface area contributed by atoms with Crippen LogP contribution in [0.1, 0.15) is 78.2 Å². The Morgan fingerprint density at radius 3 is 2.23 bits per heavy atom. The molecule has 0 bridgehead atoms. The standard InChI is InChI=1S/C42H38O/c1-2-11-27(12-3-1)28-15-10-16-31(23-28)41-34-17-6-8-19-36(34)42(37-20-9-7-18-35(37)41)32-21-22-33-38-24-29-13-4-5-14-30(29)25-40(38)43-39(33)26-32/h1-2,4,6-10,13,15-22,24,27-28,30,32H,3,5,11-12,14,23,25-26H2. The maximum Gasteiger partial charge on any atom is 0.112 e. The van der Waals surface area contributed by atoms with Gasteiger partial charge >= 0.3 is 0 Å². The topological polar surface area (TPSA) is 13.1 Å². The van der Waals surface area contributed by atoms with Gasteiger partial charge in [-0.05, 0) is 106 Å². The Morgan fingerprint density at radius 1 is 0.674 bits per heavy atom. The number of hydrogen-bond acceptors (Lipinski definition) is 1. The molecule has 43 heavy (non-hydrogen) atoms. The Balaban J connectivity index is 1.15. The van der Waals surface area contributed by atoms with Crippen LogP contribution in [-0.4, -0.2) is 0 Å². The summed E-state index contributed by atoms with van der Waals surface area (Å²) in [5, 5.41) is 5.55. The number of hydrogen-bond donors (Lipinski definition) is 0. The Labute approximate surface area is 254 Å². The van der Waals surface area contributed by atoms with Crippen molar-refractivity contribution in [3.05, 3.63) is 136 Å². The van der Waals surface area contributed by atoms with E-state index in [1.54, 1.807) is 0 Å². The molecule has 4 aromatic rings. The van der Waals surface area contributed by atoms with Crippen LogP contribution in [0.3, 0.4) is 0 Å². The van der Waals surface area contributed by atoms with E-state index in [0.29, 0.717) is 11.8 Å². The fourth-order valence-corrected chi connectivity index (χ4v) is 8.80. The molecule has 0 spiro atoms. The summed E-state index contributed by atoms with van der Waals surface area (Å²) in [7, 11) is 0. The molecule has 0 saturated heterocycles. The Hall–Kier alpha value is -4.10. The fraction of sp³-hybridized carbons (Fsp3) is 0.286. The average Bonchev–Trinajstić information content (AvgIpc) is 3.43. The number of benzene rings is 3. The van der Waals surface area contributed by atoms with Crippen LogP contribution in [0.2, 0.25) is 0 Å². The third kappa shape index (κ3) is 4.20. The zero-order chi connectivity index (χ0) is 28.3. The SMILES string of the molecule is C1=CC(C2CC=CCC2)CC(c2c3ccccc3c(C3C=Cc4c(oc5c4C=C4C=CCCC4C5)C3)c3ccccc23)=C1. The van der Waals surface area contributed by atoms with Crippen LogP contribution >= 0.6 is 0 Å². The predicted molar refractivity (Wildman–Crippen MR) is 181 cm³/mol. The van der Waals surface area contributed by atoms with Crippen molar-refractivity contribution in [2.75, 3.05) is 0 Å². The molecule has 0 fully saturated rings. The lowest BCUT2D eigenvalue weighted by molar-refractivity contribution is 0.368. The van der Waals surface area contributed by atoms with Gasteiger partial charge in [0.15, 0.2) is 0 Å². The summed E-state index contributed by atoms with van der Waals surface area (Å²) in [4.78, 5) is 0. The van der Waals surface area contributed by atoms with Crippen molar-refractivity contribution >= 4 is 39.3 Å². The molecule has 3 aromatic carbocycles. The van der Waals surface area contributed by atoms with Crippen molar-refractivity contribution in [3.8, 4) is 0 Å². The summed E-state index contributed by atoms with van der Waals surface area (Å²) >= 11 is 0. The first-order valence-corrected chi connectivity index (χ1v) is 16.5. The predicted octanol–water partition coefficient (Wildman–Crippen LogP) is 11.2. The fourth-order valence-electron chi connectivity index (χ4n) is 8.80. The minimum absolute atomic E-state index is 0.279. The van der Waals surface area contributed by atoms with Gasteiger partial charge in [0.1, 0.15) is 11.5 Å². The molecular formula is C42H38O. The van der Waals surface area contributed by atoms with Crippen LogP contribution < -0.4 is 0 Å². The zero-order valence-corrected chi connectivity index (χ0v) is 24.8. The van der Waals surface area contributed by atoms with Gasteiger partial charge in [-0.2, -0.15) is 0 Å².